The number of nitrogens with two attached hydrogens (primary N) is 1. The summed E-state index contributed by atoms with van der Waals surface area (Å²) in [5.41, 5.74) is 6.85. The molecule has 0 radical (unpaired) electrons. The molecule has 12 heteroatoms. The average molecular weight is 562 g/mol. The highest BCUT2D eigenvalue weighted by atomic mass is 19.2. The summed E-state index contributed by atoms with van der Waals surface area (Å²) in [6.45, 7) is 4.52. The normalized spacial score (nSPS) is 15.5. The molecule has 0 bridgehead atoms. The number of hydrogen-bond donors (Lipinski definition) is 1. The molecule has 1 atom stereocenters. The molecule has 1 aliphatic rings. The standard InChI is InChI=1S/C29H26F3N7O2/c1-16(2)11-17(13-33)29(40)38-10-4-5-18(38)14-39-28-24(27(34)35-15-36-28)26(37-39)20-9-8-19(12-22(20)31)41-23-7-3-6-21(30)25(23)32/h3,6-9,11-12,15-16,18H,4-5,10,14H2,1-2H3,(H2,34,35,36)/b17-11+/t18-/m1/s1. The third-order valence-corrected chi connectivity index (χ3v) is 6.77. The first-order valence-electron chi connectivity index (χ1n) is 13.0. The van der Waals surface area contributed by atoms with Crippen LogP contribution >= 0.6 is 0 Å². The Kier molecular flexibility index (Phi) is 7.61. The minimum Gasteiger partial charge on any atom is -0.454 e. The first-order valence-corrected chi connectivity index (χ1v) is 13.0. The van der Waals surface area contributed by atoms with E-state index in [0.717, 1.165) is 18.6 Å². The number of allylic oxidation sites excluding steroid dienone is 1. The fourth-order valence-electron chi connectivity index (χ4n) is 4.92. The Hall–Kier alpha value is -4.92. The molecule has 0 unspecified atom stereocenters. The number of anilines is 1. The molecule has 2 aromatic carbocycles. The lowest BCUT2D eigenvalue weighted by atomic mass is 10.1. The maximum absolute atomic E-state index is 15.4. The van der Waals surface area contributed by atoms with Crippen LogP contribution in [0, 0.1) is 34.7 Å². The lowest BCUT2D eigenvalue weighted by molar-refractivity contribution is -0.127. The highest BCUT2D eigenvalue weighted by Crippen LogP contribution is 2.35. The Morgan fingerprint density at radius 3 is 2.76 bits per heavy atom. The Bertz CT molecular complexity index is 1710. The second kappa shape index (κ2) is 11.3. The molecule has 41 heavy (non-hydrogen) atoms. The Labute approximate surface area is 233 Å². The van der Waals surface area contributed by atoms with E-state index in [4.69, 9.17) is 10.5 Å². The van der Waals surface area contributed by atoms with Crippen LogP contribution in [0.3, 0.4) is 0 Å². The highest BCUT2D eigenvalue weighted by molar-refractivity contribution is 5.99. The van der Waals surface area contributed by atoms with E-state index in [2.05, 4.69) is 15.1 Å². The van der Waals surface area contributed by atoms with Crippen molar-refractivity contribution in [3.05, 3.63) is 71.8 Å². The van der Waals surface area contributed by atoms with Gasteiger partial charge < -0.3 is 15.4 Å². The number of ether oxygens (including phenoxy) is 1. The molecule has 1 fully saturated rings. The van der Waals surface area contributed by atoms with Gasteiger partial charge in [-0.3, -0.25) is 4.79 Å². The monoisotopic (exact) mass is 561 g/mol. The van der Waals surface area contributed by atoms with Crippen LogP contribution in [0.2, 0.25) is 0 Å². The van der Waals surface area contributed by atoms with Crippen molar-refractivity contribution < 1.29 is 22.7 Å². The fraction of sp³-hybridized carbons (Fsp3) is 0.276. The first-order chi connectivity index (χ1) is 19.7. The van der Waals surface area contributed by atoms with Gasteiger partial charge >= 0.3 is 0 Å². The molecule has 1 aliphatic heterocycles. The minimum absolute atomic E-state index is 0.0338. The van der Waals surface area contributed by atoms with Crippen molar-refractivity contribution in [2.45, 2.75) is 39.3 Å². The van der Waals surface area contributed by atoms with Gasteiger partial charge in [0.2, 0.25) is 5.82 Å². The van der Waals surface area contributed by atoms with Gasteiger partial charge in [-0.25, -0.2) is 23.4 Å². The van der Waals surface area contributed by atoms with Gasteiger partial charge in [0.1, 0.15) is 41.0 Å². The summed E-state index contributed by atoms with van der Waals surface area (Å²) in [5, 5.41) is 14.5. The summed E-state index contributed by atoms with van der Waals surface area (Å²) in [7, 11) is 0. The summed E-state index contributed by atoms with van der Waals surface area (Å²) in [4.78, 5) is 23.2. The SMILES string of the molecule is CC(C)/C=C(\C#N)C(=O)N1CCC[C@@H]1Cn1nc(-c2ccc(Oc3cccc(F)c3F)cc2F)c2c(N)ncnc21. The predicted octanol–water partition coefficient (Wildman–Crippen LogP) is 5.38. The van der Waals surface area contributed by atoms with E-state index >= 15 is 4.39 Å². The van der Waals surface area contributed by atoms with Gasteiger partial charge in [0.05, 0.1) is 18.0 Å². The number of carbonyl (C=O) groups excluding carboxylic acids is 1. The van der Waals surface area contributed by atoms with Gasteiger partial charge in [0.25, 0.3) is 5.91 Å². The van der Waals surface area contributed by atoms with Crippen LogP contribution in [0.15, 0.2) is 54.4 Å². The summed E-state index contributed by atoms with van der Waals surface area (Å²) < 4.78 is 49.9. The van der Waals surface area contributed by atoms with Gasteiger partial charge in [-0.15, -0.1) is 0 Å². The number of nitrogen functional groups attached to an aromatic ring is 1. The fourth-order valence-corrected chi connectivity index (χ4v) is 4.92. The number of hydrogen-bond acceptors (Lipinski definition) is 7. The van der Waals surface area contributed by atoms with E-state index < -0.39 is 17.5 Å². The van der Waals surface area contributed by atoms with E-state index in [0.29, 0.717) is 24.0 Å². The van der Waals surface area contributed by atoms with Crippen molar-refractivity contribution in [3.63, 3.8) is 0 Å². The zero-order chi connectivity index (χ0) is 29.3. The Balaban J connectivity index is 1.48. The molecule has 5 rings (SSSR count). The third-order valence-electron chi connectivity index (χ3n) is 6.77. The minimum atomic E-state index is -1.19. The maximum atomic E-state index is 15.4. The molecule has 210 valence electrons. The number of benzene rings is 2. The molecule has 1 amide bonds. The smallest absolute Gasteiger partial charge is 0.264 e. The van der Waals surface area contributed by atoms with E-state index in [-0.39, 0.29) is 58.6 Å². The zero-order valence-corrected chi connectivity index (χ0v) is 22.3. The predicted molar refractivity (Wildman–Crippen MR) is 145 cm³/mol. The van der Waals surface area contributed by atoms with Crippen LogP contribution in [0.4, 0.5) is 19.0 Å². The van der Waals surface area contributed by atoms with Crippen LogP contribution in [0.5, 0.6) is 11.5 Å². The Morgan fingerprint density at radius 1 is 1.22 bits per heavy atom. The molecule has 3 heterocycles. The molecule has 2 aromatic heterocycles. The average Bonchev–Trinajstić information content (AvgIpc) is 3.55. The lowest BCUT2D eigenvalue weighted by Crippen LogP contribution is -2.39. The van der Waals surface area contributed by atoms with Crippen molar-refractivity contribution >= 4 is 22.8 Å². The second-order valence-electron chi connectivity index (χ2n) is 10.0. The van der Waals surface area contributed by atoms with E-state index in [1.807, 2.05) is 19.9 Å². The maximum Gasteiger partial charge on any atom is 0.264 e. The van der Waals surface area contributed by atoms with Crippen LogP contribution in [0.25, 0.3) is 22.3 Å². The molecule has 0 spiro atoms. The number of likely N-dealkylation sites (tertiary alicyclic amines) is 1. The molecule has 4 aromatic rings. The zero-order valence-electron chi connectivity index (χ0n) is 22.3. The van der Waals surface area contributed by atoms with Gasteiger partial charge in [0.15, 0.2) is 17.2 Å². The summed E-state index contributed by atoms with van der Waals surface area (Å²) in [6.07, 6.45) is 4.35. The number of halogens is 3. The van der Waals surface area contributed by atoms with E-state index in [1.165, 1.54) is 30.6 Å². The first kappa shape index (κ1) is 27.6. The summed E-state index contributed by atoms with van der Waals surface area (Å²) in [5.74, 6) is -3.68. The van der Waals surface area contributed by atoms with Gasteiger partial charge in [-0.2, -0.15) is 14.8 Å². The molecular formula is C29H26F3N7O2. The summed E-state index contributed by atoms with van der Waals surface area (Å²) >= 11 is 0. The van der Waals surface area contributed by atoms with Crippen LogP contribution < -0.4 is 10.5 Å². The molecular weight excluding hydrogens is 535 g/mol. The van der Waals surface area contributed by atoms with Crippen molar-refractivity contribution in [3.8, 4) is 28.8 Å². The molecule has 0 aliphatic carbocycles. The molecule has 2 N–H and O–H groups in total. The van der Waals surface area contributed by atoms with Crippen LogP contribution in [-0.2, 0) is 11.3 Å². The second-order valence-corrected chi connectivity index (χ2v) is 10.0. The number of amides is 1. The number of nitrogens with zero attached hydrogens (tertiary/aromatic N) is 6. The third kappa shape index (κ3) is 5.43. The molecule has 9 nitrogen and oxygen atoms in total. The van der Waals surface area contributed by atoms with Crippen molar-refractivity contribution in [2.24, 2.45) is 5.92 Å². The van der Waals surface area contributed by atoms with Crippen molar-refractivity contribution in [1.82, 2.24) is 24.6 Å². The van der Waals surface area contributed by atoms with Crippen molar-refractivity contribution in [2.75, 3.05) is 12.3 Å². The number of rotatable bonds is 7. The number of nitriles is 1. The van der Waals surface area contributed by atoms with Gasteiger partial charge in [-0.05, 0) is 43.0 Å². The largest absolute Gasteiger partial charge is 0.454 e. The lowest BCUT2D eigenvalue weighted by Gasteiger charge is -2.24. The van der Waals surface area contributed by atoms with Gasteiger partial charge in [-0.1, -0.05) is 26.0 Å². The molecule has 0 saturated carbocycles. The topological polar surface area (TPSA) is 123 Å². The highest BCUT2D eigenvalue weighted by Gasteiger charge is 2.32. The van der Waals surface area contributed by atoms with E-state index in [9.17, 15) is 18.8 Å². The van der Waals surface area contributed by atoms with Crippen LogP contribution in [0.1, 0.15) is 26.7 Å². The molecule has 1 saturated heterocycles. The Morgan fingerprint density at radius 2 is 2.02 bits per heavy atom. The number of carbonyl (C=O) groups is 1. The number of aromatic nitrogens is 4. The van der Waals surface area contributed by atoms with Crippen molar-refractivity contribution in [1.29, 1.82) is 5.26 Å². The van der Waals surface area contributed by atoms with E-state index in [1.54, 1.807) is 15.7 Å². The number of fused-ring (bicyclic) bond motifs is 1. The van der Waals surface area contributed by atoms with Crippen LogP contribution in [-0.4, -0.2) is 43.1 Å². The quantitative estimate of drug-likeness (QED) is 0.237. The summed E-state index contributed by atoms with van der Waals surface area (Å²) in [6, 6.07) is 9.01. The van der Waals surface area contributed by atoms with Gasteiger partial charge in [0, 0.05) is 18.2 Å².